The van der Waals surface area contributed by atoms with Crippen molar-refractivity contribution in [1.29, 1.82) is 0 Å². The molecule has 1 saturated heterocycles. The molecule has 3 aromatic rings. The van der Waals surface area contributed by atoms with Crippen molar-refractivity contribution in [2.24, 2.45) is 5.92 Å². The molecule has 3 heterocycles. The van der Waals surface area contributed by atoms with Crippen molar-refractivity contribution in [2.45, 2.75) is 19.8 Å². The van der Waals surface area contributed by atoms with Crippen LogP contribution in [0.5, 0.6) is 5.75 Å². The van der Waals surface area contributed by atoms with Gasteiger partial charge in [0, 0.05) is 19.0 Å². The van der Waals surface area contributed by atoms with E-state index >= 15 is 0 Å². The molecule has 9 heteroatoms. The molecule has 30 heavy (non-hydrogen) atoms. The summed E-state index contributed by atoms with van der Waals surface area (Å²) in [6.07, 6.45) is 4.62. The minimum Gasteiger partial charge on any atom is -0.492 e. The molecular formula is C21H25N7O2. The summed E-state index contributed by atoms with van der Waals surface area (Å²) in [6.45, 7) is 4.55. The Morgan fingerprint density at radius 3 is 2.50 bits per heavy atom. The number of amides is 1. The summed E-state index contributed by atoms with van der Waals surface area (Å²) in [5, 5.41) is 15.5. The van der Waals surface area contributed by atoms with E-state index in [-0.39, 0.29) is 11.8 Å². The molecule has 9 nitrogen and oxygen atoms in total. The molecule has 0 aliphatic carbocycles. The molecule has 1 aromatic carbocycles. The molecular weight excluding hydrogens is 382 g/mol. The Kier molecular flexibility index (Phi) is 6.17. The van der Waals surface area contributed by atoms with E-state index in [2.05, 4.69) is 30.5 Å². The first-order chi connectivity index (χ1) is 14.7. The van der Waals surface area contributed by atoms with Gasteiger partial charge in [-0.25, -0.2) is 9.67 Å². The van der Waals surface area contributed by atoms with Gasteiger partial charge in [0.05, 0.1) is 6.54 Å². The van der Waals surface area contributed by atoms with Crippen molar-refractivity contribution in [1.82, 2.24) is 30.3 Å². The predicted octanol–water partition coefficient (Wildman–Crippen LogP) is 1.78. The lowest BCUT2D eigenvalue weighted by Gasteiger charge is -2.31. The van der Waals surface area contributed by atoms with Crippen LogP contribution in [0.4, 0.5) is 5.82 Å². The molecule has 0 unspecified atom stereocenters. The van der Waals surface area contributed by atoms with Gasteiger partial charge < -0.3 is 15.0 Å². The van der Waals surface area contributed by atoms with Crippen LogP contribution in [0.1, 0.15) is 18.4 Å². The molecule has 0 spiro atoms. The monoisotopic (exact) mass is 407 g/mol. The highest BCUT2D eigenvalue weighted by molar-refractivity contribution is 5.78. The Hall–Kier alpha value is -3.49. The Labute approximate surface area is 175 Å². The third-order valence-corrected chi connectivity index (χ3v) is 5.17. The van der Waals surface area contributed by atoms with E-state index in [4.69, 9.17) is 4.74 Å². The maximum absolute atomic E-state index is 12.4. The lowest BCUT2D eigenvalue weighted by atomic mass is 9.96. The van der Waals surface area contributed by atoms with Crippen LogP contribution < -0.4 is 15.0 Å². The van der Waals surface area contributed by atoms with Gasteiger partial charge in [-0.2, -0.15) is 5.10 Å². The van der Waals surface area contributed by atoms with E-state index in [1.54, 1.807) is 11.0 Å². The lowest BCUT2D eigenvalue weighted by Crippen LogP contribution is -2.41. The number of nitrogens with one attached hydrogen (secondary N) is 1. The van der Waals surface area contributed by atoms with Crippen molar-refractivity contribution < 1.29 is 9.53 Å². The van der Waals surface area contributed by atoms with E-state index < -0.39 is 0 Å². The van der Waals surface area contributed by atoms with Gasteiger partial charge in [0.2, 0.25) is 5.91 Å². The van der Waals surface area contributed by atoms with E-state index in [9.17, 15) is 4.79 Å². The second-order valence-electron chi connectivity index (χ2n) is 7.30. The normalized spacial score (nSPS) is 14.5. The maximum atomic E-state index is 12.4. The summed E-state index contributed by atoms with van der Waals surface area (Å²) in [4.78, 5) is 18.5. The molecule has 0 bridgehead atoms. The number of anilines is 1. The fourth-order valence-electron chi connectivity index (χ4n) is 3.43. The van der Waals surface area contributed by atoms with Crippen LogP contribution >= 0.6 is 0 Å². The molecule has 1 aliphatic rings. The quantitative estimate of drug-likeness (QED) is 0.596. The van der Waals surface area contributed by atoms with E-state index in [1.165, 1.54) is 11.9 Å². The number of hydrogen-bond acceptors (Lipinski definition) is 7. The first-order valence-corrected chi connectivity index (χ1v) is 10.1. The van der Waals surface area contributed by atoms with Crippen molar-refractivity contribution >= 4 is 11.7 Å². The van der Waals surface area contributed by atoms with Crippen LogP contribution in [-0.4, -0.2) is 57.1 Å². The average molecular weight is 407 g/mol. The van der Waals surface area contributed by atoms with Crippen molar-refractivity contribution in [3.63, 3.8) is 0 Å². The van der Waals surface area contributed by atoms with Gasteiger partial charge in [-0.05, 0) is 44.0 Å². The number of rotatable bonds is 7. The molecule has 0 atom stereocenters. The number of piperidine rings is 1. The fraction of sp³-hybridized carbons (Fsp3) is 0.381. The second-order valence-corrected chi connectivity index (χ2v) is 7.30. The van der Waals surface area contributed by atoms with Crippen molar-refractivity contribution in [3.8, 4) is 11.6 Å². The first kappa shape index (κ1) is 19.8. The Morgan fingerprint density at radius 2 is 1.83 bits per heavy atom. The van der Waals surface area contributed by atoms with E-state index in [0.717, 1.165) is 37.5 Å². The molecule has 156 valence electrons. The second kappa shape index (κ2) is 9.34. The molecule has 2 aromatic heterocycles. The zero-order chi connectivity index (χ0) is 20.8. The molecule has 1 fully saturated rings. The SMILES string of the molecule is Cc1ccc(OCCNC(=O)C2CCN(c3ccc(-n4cncn4)nn3)CC2)cc1. The number of aromatic nitrogens is 5. The van der Waals surface area contributed by atoms with Gasteiger partial charge in [0.25, 0.3) is 0 Å². The number of ether oxygens (including phenoxy) is 1. The number of carbonyl (C=O) groups is 1. The lowest BCUT2D eigenvalue weighted by molar-refractivity contribution is -0.125. The highest BCUT2D eigenvalue weighted by atomic mass is 16.5. The zero-order valence-electron chi connectivity index (χ0n) is 16.9. The van der Waals surface area contributed by atoms with Crippen LogP contribution in [-0.2, 0) is 4.79 Å². The molecule has 1 amide bonds. The van der Waals surface area contributed by atoms with Gasteiger partial charge in [0.1, 0.15) is 25.0 Å². The largest absolute Gasteiger partial charge is 0.492 e. The number of nitrogens with zero attached hydrogens (tertiary/aromatic N) is 6. The summed E-state index contributed by atoms with van der Waals surface area (Å²) in [7, 11) is 0. The van der Waals surface area contributed by atoms with Gasteiger partial charge >= 0.3 is 0 Å². The third kappa shape index (κ3) is 4.91. The minimum atomic E-state index is 0.0167. The number of benzene rings is 1. The topological polar surface area (TPSA) is 98.1 Å². The van der Waals surface area contributed by atoms with Crippen LogP contribution in [0.2, 0.25) is 0 Å². The first-order valence-electron chi connectivity index (χ1n) is 10.1. The van der Waals surface area contributed by atoms with Crippen LogP contribution in [0.15, 0.2) is 49.1 Å². The highest BCUT2D eigenvalue weighted by Gasteiger charge is 2.25. The fourth-order valence-corrected chi connectivity index (χ4v) is 3.43. The van der Waals surface area contributed by atoms with Gasteiger partial charge in [-0.1, -0.05) is 17.7 Å². The highest BCUT2D eigenvalue weighted by Crippen LogP contribution is 2.22. The molecule has 0 saturated carbocycles. The summed E-state index contributed by atoms with van der Waals surface area (Å²) in [5.74, 6) is 2.36. The summed E-state index contributed by atoms with van der Waals surface area (Å²) >= 11 is 0. The smallest absolute Gasteiger partial charge is 0.223 e. The Balaban J connectivity index is 1.19. The Morgan fingerprint density at radius 1 is 1.10 bits per heavy atom. The predicted molar refractivity (Wildman–Crippen MR) is 112 cm³/mol. The number of carbonyl (C=O) groups excluding carboxylic acids is 1. The van der Waals surface area contributed by atoms with E-state index in [0.29, 0.717) is 19.0 Å². The molecule has 4 rings (SSSR count). The summed E-state index contributed by atoms with van der Waals surface area (Å²) in [6, 6.07) is 11.7. The summed E-state index contributed by atoms with van der Waals surface area (Å²) in [5.41, 5.74) is 1.19. The zero-order valence-corrected chi connectivity index (χ0v) is 16.9. The summed E-state index contributed by atoms with van der Waals surface area (Å²) < 4.78 is 7.23. The number of hydrogen-bond donors (Lipinski definition) is 1. The third-order valence-electron chi connectivity index (χ3n) is 5.17. The van der Waals surface area contributed by atoms with Gasteiger partial charge in [-0.3, -0.25) is 4.79 Å². The van der Waals surface area contributed by atoms with Crippen LogP contribution in [0, 0.1) is 12.8 Å². The molecule has 0 radical (unpaired) electrons. The molecule has 1 N–H and O–H groups in total. The van der Waals surface area contributed by atoms with Crippen LogP contribution in [0.3, 0.4) is 0 Å². The van der Waals surface area contributed by atoms with Gasteiger partial charge in [0.15, 0.2) is 11.6 Å². The van der Waals surface area contributed by atoms with E-state index in [1.807, 2.05) is 43.3 Å². The van der Waals surface area contributed by atoms with Gasteiger partial charge in [-0.15, -0.1) is 10.2 Å². The van der Waals surface area contributed by atoms with Crippen LogP contribution in [0.25, 0.3) is 5.82 Å². The maximum Gasteiger partial charge on any atom is 0.223 e. The minimum absolute atomic E-state index is 0.0167. The van der Waals surface area contributed by atoms with Crippen molar-refractivity contribution in [2.75, 3.05) is 31.1 Å². The standard InChI is InChI=1S/C21H25N7O2/c1-16-2-4-18(5-3-16)30-13-10-23-21(29)17-8-11-27(12-9-17)19-6-7-20(26-25-19)28-15-22-14-24-28/h2-7,14-15,17H,8-13H2,1H3,(H,23,29). The Bertz CT molecular complexity index is 935. The average Bonchev–Trinajstić information content (AvgIpc) is 3.33. The number of aryl methyl sites for hydroxylation is 1. The van der Waals surface area contributed by atoms with Crippen molar-refractivity contribution in [3.05, 3.63) is 54.6 Å². The molecule has 1 aliphatic heterocycles.